The summed E-state index contributed by atoms with van der Waals surface area (Å²) >= 11 is 0. The molecule has 1 rings (SSSR count). The lowest BCUT2D eigenvalue weighted by Crippen LogP contribution is -2.45. The third-order valence-corrected chi connectivity index (χ3v) is 3.81. The van der Waals surface area contributed by atoms with Gasteiger partial charge in [-0.1, -0.05) is 0 Å². The van der Waals surface area contributed by atoms with Crippen LogP contribution in [-0.4, -0.2) is 88.8 Å². The van der Waals surface area contributed by atoms with Gasteiger partial charge in [-0.2, -0.15) is 0 Å². The summed E-state index contributed by atoms with van der Waals surface area (Å²) < 4.78 is 4.91. The largest absolute Gasteiger partial charge is 0.383 e. The smallest absolute Gasteiger partial charge is 0.234 e. The number of amides is 1. The fourth-order valence-electron chi connectivity index (χ4n) is 2.45. The minimum Gasteiger partial charge on any atom is -0.383 e. The number of hydrogen-bond acceptors (Lipinski definition) is 5. The van der Waals surface area contributed by atoms with Gasteiger partial charge in [0.05, 0.1) is 13.2 Å². The SMILES string of the molecule is COCCNCC(=O)NCCN1CCC(N(C)C)CC1. The second kappa shape index (κ2) is 10.1. The zero-order valence-corrected chi connectivity index (χ0v) is 13.2. The molecule has 1 saturated heterocycles. The molecular formula is C14H30N4O2. The van der Waals surface area contributed by atoms with Crippen LogP contribution in [0.1, 0.15) is 12.8 Å². The van der Waals surface area contributed by atoms with Gasteiger partial charge in [-0.15, -0.1) is 0 Å². The molecule has 1 amide bonds. The van der Waals surface area contributed by atoms with E-state index >= 15 is 0 Å². The van der Waals surface area contributed by atoms with Gasteiger partial charge in [0.15, 0.2) is 0 Å². The Labute approximate surface area is 122 Å². The van der Waals surface area contributed by atoms with E-state index in [0.29, 0.717) is 25.7 Å². The molecule has 0 radical (unpaired) electrons. The summed E-state index contributed by atoms with van der Waals surface area (Å²) in [5, 5.41) is 5.98. The first-order valence-corrected chi connectivity index (χ1v) is 7.48. The molecule has 1 aliphatic rings. The number of ether oxygens (including phenoxy) is 1. The van der Waals surface area contributed by atoms with Crippen LogP contribution in [0.5, 0.6) is 0 Å². The van der Waals surface area contributed by atoms with Crippen molar-refractivity contribution in [2.75, 3.05) is 67.1 Å². The molecule has 0 unspecified atom stereocenters. The number of carbonyl (C=O) groups excluding carboxylic acids is 1. The average Bonchev–Trinajstić information content (AvgIpc) is 2.44. The lowest BCUT2D eigenvalue weighted by atomic mass is 10.0. The van der Waals surface area contributed by atoms with Crippen molar-refractivity contribution < 1.29 is 9.53 Å². The number of hydrogen-bond donors (Lipinski definition) is 2. The van der Waals surface area contributed by atoms with Crippen molar-refractivity contribution in [3.05, 3.63) is 0 Å². The third-order valence-electron chi connectivity index (χ3n) is 3.81. The third kappa shape index (κ3) is 7.19. The van der Waals surface area contributed by atoms with E-state index in [-0.39, 0.29) is 5.91 Å². The van der Waals surface area contributed by atoms with Gasteiger partial charge in [-0.3, -0.25) is 4.79 Å². The number of methoxy groups -OCH3 is 1. The minimum atomic E-state index is 0.0595. The van der Waals surface area contributed by atoms with Crippen LogP contribution in [0.4, 0.5) is 0 Å². The first kappa shape index (κ1) is 17.4. The van der Waals surface area contributed by atoms with Crippen molar-refractivity contribution >= 4 is 5.91 Å². The molecule has 1 fully saturated rings. The number of rotatable bonds is 9. The second-order valence-corrected chi connectivity index (χ2v) is 5.56. The van der Waals surface area contributed by atoms with Crippen LogP contribution in [0.25, 0.3) is 0 Å². The molecule has 20 heavy (non-hydrogen) atoms. The van der Waals surface area contributed by atoms with Gasteiger partial charge >= 0.3 is 0 Å². The Hall–Kier alpha value is -0.690. The van der Waals surface area contributed by atoms with Crippen molar-refractivity contribution in [1.82, 2.24) is 20.4 Å². The Kier molecular flexibility index (Phi) is 8.77. The molecular weight excluding hydrogens is 256 g/mol. The maximum atomic E-state index is 11.5. The molecule has 6 heteroatoms. The first-order valence-electron chi connectivity index (χ1n) is 7.48. The predicted molar refractivity (Wildman–Crippen MR) is 80.9 cm³/mol. The number of likely N-dealkylation sites (tertiary alicyclic amines) is 1. The van der Waals surface area contributed by atoms with E-state index in [9.17, 15) is 4.79 Å². The molecule has 1 heterocycles. The van der Waals surface area contributed by atoms with Crippen LogP contribution in [-0.2, 0) is 9.53 Å². The van der Waals surface area contributed by atoms with Gasteiger partial charge in [-0.25, -0.2) is 0 Å². The molecule has 0 atom stereocenters. The Balaban J connectivity index is 2.00. The summed E-state index contributed by atoms with van der Waals surface area (Å²) in [6.07, 6.45) is 2.44. The molecule has 0 aromatic rings. The normalized spacial score (nSPS) is 17.6. The molecule has 2 N–H and O–H groups in total. The zero-order valence-electron chi connectivity index (χ0n) is 13.2. The Morgan fingerprint density at radius 1 is 1.30 bits per heavy atom. The van der Waals surface area contributed by atoms with Crippen LogP contribution in [0.3, 0.4) is 0 Å². The van der Waals surface area contributed by atoms with Crippen molar-refractivity contribution in [2.24, 2.45) is 0 Å². The van der Waals surface area contributed by atoms with Gasteiger partial charge in [0.1, 0.15) is 0 Å². The van der Waals surface area contributed by atoms with E-state index in [1.165, 1.54) is 12.8 Å². The van der Waals surface area contributed by atoms with E-state index in [1.807, 2.05) is 0 Å². The van der Waals surface area contributed by atoms with Crippen molar-refractivity contribution in [3.63, 3.8) is 0 Å². The number of nitrogens with one attached hydrogen (secondary N) is 2. The fraction of sp³-hybridized carbons (Fsp3) is 0.929. The molecule has 6 nitrogen and oxygen atoms in total. The van der Waals surface area contributed by atoms with Crippen molar-refractivity contribution in [3.8, 4) is 0 Å². The maximum Gasteiger partial charge on any atom is 0.234 e. The van der Waals surface area contributed by atoms with E-state index in [1.54, 1.807) is 7.11 Å². The Bertz CT molecular complexity index is 266. The van der Waals surface area contributed by atoms with Gasteiger partial charge in [0.2, 0.25) is 5.91 Å². The molecule has 0 bridgehead atoms. The van der Waals surface area contributed by atoms with Gasteiger partial charge in [-0.05, 0) is 40.0 Å². The van der Waals surface area contributed by atoms with Crippen molar-refractivity contribution in [2.45, 2.75) is 18.9 Å². The number of carbonyl (C=O) groups is 1. The lowest BCUT2D eigenvalue weighted by molar-refractivity contribution is -0.120. The molecule has 0 aromatic carbocycles. The summed E-state index contributed by atoms with van der Waals surface area (Å²) in [7, 11) is 5.95. The maximum absolute atomic E-state index is 11.5. The standard InChI is InChI=1S/C14H30N4O2/c1-17(2)13-4-8-18(9-5-13)10-6-16-14(19)12-15-7-11-20-3/h13,15H,4-12H2,1-3H3,(H,16,19). The first-order chi connectivity index (χ1) is 9.63. The predicted octanol–water partition coefficient (Wildman–Crippen LogP) is -0.635. The fourth-order valence-corrected chi connectivity index (χ4v) is 2.45. The van der Waals surface area contributed by atoms with Crippen molar-refractivity contribution in [1.29, 1.82) is 0 Å². The number of piperidine rings is 1. The molecule has 0 aliphatic carbocycles. The minimum absolute atomic E-state index is 0.0595. The Morgan fingerprint density at radius 3 is 2.60 bits per heavy atom. The van der Waals surface area contributed by atoms with Gasteiger partial charge in [0.25, 0.3) is 0 Å². The zero-order chi connectivity index (χ0) is 14.8. The quantitative estimate of drug-likeness (QED) is 0.553. The molecule has 0 spiro atoms. The topological polar surface area (TPSA) is 56.8 Å². The average molecular weight is 286 g/mol. The van der Waals surface area contributed by atoms with E-state index in [0.717, 1.165) is 26.2 Å². The Morgan fingerprint density at radius 2 is 2.00 bits per heavy atom. The highest BCUT2D eigenvalue weighted by Gasteiger charge is 2.19. The molecule has 0 aromatic heterocycles. The van der Waals surface area contributed by atoms with E-state index in [4.69, 9.17) is 4.74 Å². The highest BCUT2D eigenvalue weighted by molar-refractivity contribution is 5.77. The summed E-state index contributed by atoms with van der Waals surface area (Å²) in [6, 6.07) is 0.714. The molecule has 0 saturated carbocycles. The monoisotopic (exact) mass is 286 g/mol. The van der Waals surface area contributed by atoms with Gasteiger partial charge in [0, 0.05) is 32.8 Å². The highest BCUT2D eigenvalue weighted by Crippen LogP contribution is 2.13. The highest BCUT2D eigenvalue weighted by atomic mass is 16.5. The van der Waals surface area contributed by atoms with Crippen LogP contribution in [0.2, 0.25) is 0 Å². The summed E-state index contributed by atoms with van der Waals surface area (Å²) in [6.45, 7) is 5.65. The van der Waals surface area contributed by atoms with Crippen LogP contribution < -0.4 is 10.6 Å². The van der Waals surface area contributed by atoms with E-state index < -0.39 is 0 Å². The summed E-state index contributed by atoms with van der Waals surface area (Å²) in [4.78, 5) is 16.3. The summed E-state index contributed by atoms with van der Waals surface area (Å²) in [5.74, 6) is 0.0595. The lowest BCUT2D eigenvalue weighted by Gasteiger charge is -2.35. The summed E-state index contributed by atoms with van der Waals surface area (Å²) in [5.41, 5.74) is 0. The second-order valence-electron chi connectivity index (χ2n) is 5.56. The molecule has 118 valence electrons. The van der Waals surface area contributed by atoms with Crippen LogP contribution in [0, 0.1) is 0 Å². The molecule has 1 aliphatic heterocycles. The van der Waals surface area contributed by atoms with Crippen LogP contribution in [0.15, 0.2) is 0 Å². The van der Waals surface area contributed by atoms with Gasteiger partial charge < -0.3 is 25.2 Å². The van der Waals surface area contributed by atoms with Crippen LogP contribution >= 0.6 is 0 Å². The number of nitrogens with zero attached hydrogens (tertiary/aromatic N) is 2. The van der Waals surface area contributed by atoms with E-state index in [2.05, 4.69) is 34.5 Å².